The number of carbonyl (C=O) groups is 2. The second kappa shape index (κ2) is 12.6. The Morgan fingerprint density at radius 3 is 2.14 bits per heavy atom. The number of amides is 2. The predicted molar refractivity (Wildman–Crippen MR) is 148 cm³/mol. The number of hydrogen-bond donors (Lipinski definition) is 1. The average molecular weight is 583 g/mol. The van der Waals surface area contributed by atoms with Crippen LogP contribution in [-0.2, 0) is 26.2 Å². The number of likely N-dealkylation sites (N-methyl/N-ethyl adjacent to an activating group) is 1. The van der Waals surface area contributed by atoms with Crippen LogP contribution in [0.25, 0.3) is 0 Å². The van der Waals surface area contributed by atoms with Gasteiger partial charge in [0.2, 0.25) is 11.8 Å². The van der Waals surface area contributed by atoms with E-state index in [0.29, 0.717) is 17.1 Å². The Balaban J connectivity index is 2.05. The molecule has 2 amide bonds. The van der Waals surface area contributed by atoms with Crippen molar-refractivity contribution in [1.29, 1.82) is 0 Å². The minimum atomic E-state index is -4.21. The SMILES string of the molecule is CCNC(=O)[C@H](C)N(Cc1cccc(Cl)c1)C(=O)CN(c1cc(Cl)cc(Cl)c1)S(=O)(=O)c1ccccc1. The number of halogens is 3. The molecule has 3 rings (SSSR count). The molecule has 3 aromatic rings. The summed E-state index contributed by atoms with van der Waals surface area (Å²) in [5.41, 5.74) is 0.795. The van der Waals surface area contributed by atoms with Crippen molar-refractivity contribution in [2.24, 2.45) is 0 Å². The zero-order valence-corrected chi connectivity index (χ0v) is 23.3. The number of nitrogens with zero attached hydrogens (tertiary/aromatic N) is 2. The fourth-order valence-electron chi connectivity index (χ4n) is 3.67. The number of nitrogens with one attached hydrogen (secondary N) is 1. The summed E-state index contributed by atoms with van der Waals surface area (Å²) < 4.78 is 28.3. The van der Waals surface area contributed by atoms with Crippen molar-refractivity contribution in [3.63, 3.8) is 0 Å². The van der Waals surface area contributed by atoms with Gasteiger partial charge in [-0.2, -0.15) is 0 Å². The maximum Gasteiger partial charge on any atom is 0.264 e. The van der Waals surface area contributed by atoms with Crippen molar-refractivity contribution in [1.82, 2.24) is 10.2 Å². The summed E-state index contributed by atoms with van der Waals surface area (Å²) >= 11 is 18.5. The molecular weight excluding hydrogens is 557 g/mol. The summed E-state index contributed by atoms with van der Waals surface area (Å²) in [4.78, 5) is 27.8. The first-order valence-electron chi connectivity index (χ1n) is 11.4. The Morgan fingerprint density at radius 2 is 1.54 bits per heavy atom. The Labute approximate surface area is 232 Å². The molecule has 3 aromatic carbocycles. The molecule has 0 aliphatic rings. The lowest BCUT2D eigenvalue weighted by Crippen LogP contribution is -2.51. The molecule has 0 spiro atoms. The summed E-state index contributed by atoms with van der Waals surface area (Å²) in [5, 5.41) is 3.58. The fraction of sp³-hybridized carbons (Fsp3) is 0.231. The van der Waals surface area contributed by atoms with Gasteiger partial charge in [-0.15, -0.1) is 0 Å². The lowest BCUT2D eigenvalue weighted by Gasteiger charge is -2.32. The molecule has 11 heteroatoms. The van der Waals surface area contributed by atoms with E-state index in [9.17, 15) is 18.0 Å². The van der Waals surface area contributed by atoms with E-state index in [0.717, 1.165) is 4.31 Å². The molecule has 1 N–H and O–H groups in total. The van der Waals surface area contributed by atoms with Gasteiger partial charge >= 0.3 is 0 Å². The van der Waals surface area contributed by atoms with Crippen LogP contribution in [0.1, 0.15) is 19.4 Å². The standard InChI is InChI=1S/C26H26Cl3N3O4S/c1-3-30-26(34)18(2)31(16-19-8-7-9-20(27)12-19)25(33)17-32(23-14-21(28)13-22(29)15-23)37(35,36)24-10-5-4-6-11-24/h4-15,18H,3,16-17H2,1-2H3,(H,30,34)/t18-/m0/s1. The van der Waals surface area contributed by atoms with Crippen molar-refractivity contribution in [2.75, 3.05) is 17.4 Å². The fourth-order valence-corrected chi connectivity index (χ4v) is 5.81. The third kappa shape index (κ3) is 7.38. The molecule has 0 unspecified atom stereocenters. The van der Waals surface area contributed by atoms with Crippen LogP contribution in [0.4, 0.5) is 5.69 Å². The molecule has 0 heterocycles. The van der Waals surface area contributed by atoms with E-state index in [4.69, 9.17) is 34.8 Å². The normalized spacial score (nSPS) is 12.0. The van der Waals surface area contributed by atoms with Crippen LogP contribution in [0, 0.1) is 0 Å². The number of hydrogen-bond acceptors (Lipinski definition) is 4. The maximum atomic E-state index is 13.8. The third-order valence-electron chi connectivity index (χ3n) is 5.51. The molecule has 7 nitrogen and oxygen atoms in total. The summed E-state index contributed by atoms with van der Waals surface area (Å²) in [7, 11) is -4.21. The van der Waals surface area contributed by atoms with Gasteiger partial charge in [0.25, 0.3) is 10.0 Å². The maximum absolute atomic E-state index is 13.8. The molecule has 0 saturated heterocycles. The van der Waals surface area contributed by atoms with Crippen molar-refractivity contribution in [2.45, 2.75) is 31.3 Å². The van der Waals surface area contributed by atoms with Gasteiger partial charge in [0.15, 0.2) is 0 Å². The highest BCUT2D eigenvalue weighted by Gasteiger charge is 2.32. The van der Waals surface area contributed by atoms with E-state index in [1.165, 1.54) is 35.2 Å². The van der Waals surface area contributed by atoms with Gasteiger partial charge < -0.3 is 10.2 Å². The van der Waals surface area contributed by atoms with E-state index < -0.39 is 28.5 Å². The molecular formula is C26H26Cl3N3O4S. The molecule has 196 valence electrons. The van der Waals surface area contributed by atoms with Gasteiger partial charge in [0.1, 0.15) is 12.6 Å². The molecule has 0 bridgehead atoms. The number of anilines is 1. The first-order chi connectivity index (χ1) is 17.5. The lowest BCUT2D eigenvalue weighted by molar-refractivity contribution is -0.139. The molecule has 37 heavy (non-hydrogen) atoms. The van der Waals surface area contributed by atoms with Gasteiger partial charge in [0.05, 0.1) is 10.6 Å². The van der Waals surface area contributed by atoms with E-state index in [-0.39, 0.29) is 33.1 Å². The molecule has 1 atom stereocenters. The minimum absolute atomic E-state index is 0.0166. The molecule has 0 saturated carbocycles. The smallest absolute Gasteiger partial charge is 0.264 e. The summed E-state index contributed by atoms with van der Waals surface area (Å²) in [6, 6.07) is 18.0. The molecule has 0 aliphatic heterocycles. The summed E-state index contributed by atoms with van der Waals surface area (Å²) in [6.45, 7) is 3.16. The predicted octanol–water partition coefficient (Wildman–Crippen LogP) is 5.40. The minimum Gasteiger partial charge on any atom is -0.355 e. The van der Waals surface area contributed by atoms with Crippen molar-refractivity contribution >= 4 is 62.3 Å². The molecule has 0 aliphatic carbocycles. The first-order valence-corrected chi connectivity index (χ1v) is 14.0. The zero-order valence-electron chi connectivity index (χ0n) is 20.2. The van der Waals surface area contributed by atoms with Gasteiger partial charge in [-0.1, -0.05) is 65.1 Å². The summed E-state index contributed by atoms with van der Waals surface area (Å²) in [6.07, 6.45) is 0. The number of sulfonamides is 1. The Kier molecular flexibility index (Phi) is 9.84. The van der Waals surface area contributed by atoms with Crippen LogP contribution in [0.15, 0.2) is 77.7 Å². The number of rotatable bonds is 10. The molecule has 0 aromatic heterocycles. The monoisotopic (exact) mass is 581 g/mol. The topological polar surface area (TPSA) is 86.8 Å². The highest BCUT2D eigenvalue weighted by molar-refractivity contribution is 7.92. The highest BCUT2D eigenvalue weighted by atomic mass is 35.5. The van der Waals surface area contributed by atoms with Crippen LogP contribution in [-0.4, -0.2) is 44.3 Å². The second-order valence-electron chi connectivity index (χ2n) is 8.17. The van der Waals surface area contributed by atoms with Gasteiger partial charge in [0, 0.05) is 28.2 Å². The molecule has 0 radical (unpaired) electrons. The van der Waals surface area contributed by atoms with Gasteiger partial charge in [-0.05, 0) is 61.9 Å². The average Bonchev–Trinajstić information content (AvgIpc) is 2.85. The Bertz CT molecular complexity index is 1350. The van der Waals surface area contributed by atoms with Crippen LogP contribution < -0.4 is 9.62 Å². The Hall–Kier alpha value is -2.78. The van der Waals surface area contributed by atoms with E-state index >= 15 is 0 Å². The van der Waals surface area contributed by atoms with Crippen molar-refractivity contribution in [3.8, 4) is 0 Å². The van der Waals surface area contributed by atoms with Gasteiger partial charge in [-0.25, -0.2) is 8.42 Å². The zero-order chi connectivity index (χ0) is 27.2. The second-order valence-corrected chi connectivity index (χ2v) is 11.3. The lowest BCUT2D eigenvalue weighted by atomic mass is 10.1. The third-order valence-corrected chi connectivity index (χ3v) is 7.97. The van der Waals surface area contributed by atoms with E-state index in [1.54, 1.807) is 56.3 Å². The van der Waals surface area contributed by atoms with Crippen LogP contribution in [0.2, 0.25) is 15.1 Å². The van der Waals surface area contributed by atoms with Gasteiger partial charge in [-0.3, -0.25) is 13.9 Å². The van der Waals surface area contributed by atoms with Crippen LogP contribution >= 0.6 is 34.8 Å². The molecule has 0 fully saturated rings. The van der Waals surface area contributed by atoms with Crippen LogP contribution in [0.3, 0.4) is 0 Å². The summed E-state index contributed by atoms with van der Waals surface area (Å²) in [5.74, 6) is -0.976. The largest absolute Gasteiger partial charge is 0.355 e. The van der Waals surface area contributed by atoms with Crippen molar-refractivity contribution < 1.29 is 18.0 Å². The number of benzene rings is 3. The van der Waals surface area contributed by atoms with E-state index in [2.05, 4.69) is 5.32 Å². The van der Waals surface area contributed by atoms with E-state index in [1.807, 2.05) is 0 Å². The Morgan fingerprint density at radius 1 is 0.892 bits per heavy atom. The number of carbonyl (C=O) groups excluding carboxylic acids is 2. The van der Waals surface area contributed by atoms with Crippen molar-refractivity contribution in [3.05, 3.63) is 93.4 Å². The quantitative estimate of drug-likeness (QED) is 0.347. The van der Waals surface area contributed by atoms with Crippen LogP contribution in [0.5, 0.6) is 0 Å². The highest BCUT2D eigenvalue weighted by Crippen LogP contribution is 2.30. The first kappa shape index (κ1) is 28.8.